The van der Waals surface area contributed by atoms with Gasteiger partial charge in [-0.15, -0.1) is 0 Å². The second-order valence-corrected chi connectivity index (χ2v) is 7.55. The van der Waals surface area contributed by atoms with Gasteiger partial charge in [-0.05, 0) is 42.9 Å². The first-order valence-corrected chi connectivity index (χ1v) is 9.27. The molecule has 5 nitrogen and oxygen atoms in total. The number of ether oxygens (including phenoxy) is 1. The number of fused-ring (bicyclic) bond motifs is 4. The van der Waals surface area contributed by atoms with Crippen molar-refractivity contribution in [3.8, 4) is 11.5 Å². The Labute approximate surface area is 153 Å². The summed E-state index contributed by atoms with van der Waals surface area (Å²) in [4.78, 5) is 2.35. The van der Waals surface area contributed by atoms with Gasteiger partial charge in [-0.3, -0.25) is 0 Å². The Balaban J connectivity index is 1.57. The van der Waals surface area contributed by atoms with Crippen LogP contribution < -0.4 is 4.74 Å². The number of benzene rings is 2. The number of piperidine rings is 1. The van der Waals surface area contributed by atoms with E-state index < -0.39 is 0 Å². The molecule has 2 aromatic carbocycles. The number of likely N-dealkylation sites (tertiary alicyclic amines) is 1. The second-order valence-electron chi connectivity index (χ2n) is 7.55. The second kappa shape index (κ2) is 5.74. The SMILES string of the molecule is CN1CCC2(CC1)Oc1ccccc1C1CC(c3ccc(O)cc3)=NN12. The molecule has 0 saturated carbocycles. The van der Waals surface area contributed by atoms with Crippen LogP contribution in [0.25, 0.3) is 0 Å². The standard InChI is InChI=1S/C21H23N3O2/c1-23-12-10-21(11-13-23)24-19(17-4-2-3-5-20(17)26-21)14-18(22-24)15-6-8-16(25)9-7-15/h2-9,19,25H,10-14H2,1H3. The predicted octanol–water partition coefficient (Wildman–Crippen LogP) is 3.36. The molecule has 0 aliphatic carbocycles. The van der Waals surface area contributed by atoms with E-state index in [4.69, 9.17) is 9.84 Å². The molecule has 5 rings (SSSR count). The highest BCUT2D eigenvalue weighted by molar-refractivity contribution is 6.02. The first kappa shape index (κ1) is 15.7. The summed E-state index contributed by atoms with van der Waals surface area (Å²) in [7, 11) is 2.16. The van der Waals surface area contributed by atoms with Crippen molar-refractivity contribution in [1.29, 1.82) is 0 Å². The summed E-state index contributed by atoms with van der Waals surface area (Å²) < 4.78 is 6.58. The molecule has 0 aromatic heterocycles. The quantitative estimate of drug-likeness (QED) is 0.858. The van der Waals surface area contributed by atoms with Crippen LogP contribution in [0.1, 0.15) is 36.4 Å². The fourth-order valence-corrected chi connectivity index (χ4v) is 4.36. The third-order valence-corrected chi connectivity index (χ3v) is 5.87. The monoisotopic (exact) mass is 349 g/mol. The van der Waals surface area contributed by atoms with Crippen molar-refractivity contribution in [2.45, 2.75) is 31.0 Å². The van der Waals surface area contributed by atoms with Gasteiger partial charge in [0.25, 0.3) is 0 Å². The summed E-state index contributed by atoms with van der Waals surface area (Å²) in [6.07, 6.45) is 2.75. The van der Waals surface area contributed by atoms with Crippen molar-refractivity contribution in [2.24, 2.45) is 5.10 Å². The Bertz CT molecular complexity index is 854. The molecule has 1 saturated heterocycles. The highest BCUT2D eigenvalue weighted by atomic mass is 16.5. The maximum absolute atomic E-state index is 9.58. The van der Waals surface area contributed by atoms with E-state index in [-0.39, 0.29) is 17.5 Å². The summed E-state index contributed by atoms with van der Waals surface area (Å²) in [5.74, 6) is 1.28. The lowest BCUT2D eigenvalue weighted by molar-refractivity contribution is -0.147. The van der Waals surface area contributed by atoms with Crippen LogP contribution in [0.4, 0.5) is 0 Å². The lowest BCUT2D eigenvalue weighted by atomic mass is 9.91. The molecular weight excluding hydrogens is 326 g/mol. The van der Waals surface area contributed by atoms with Gasteiger partial charge < -0.3 is 14.7 Å². The van der Waals surface area contributed by atoms with E-state index in [1.807, 2.05) is 18.2 Å². The summed E-state index contributed by atoms with van der Waals surface area (Å²) in [6, 6.07) is 15.9. The average Bonchev–Trinajstić information content (AvgIpc) is 3.12. The van der Waals surface area contributed by atoms with Gasteiger partial charge in [0.1, 0.15) is 11.5 Å². The average molecular weight is 349 g/mol. The van der Waals surface area contributed by atoms with Crippen LogP contribution in [0, 0.1) is 0 Å². The molecule has 134 valence electrons. The summed E-state index contributed by atoms with van der Waals surface area (Å²) >= 11 is 0. The van der Waals surface area contributed by atoms with Gasteiger partial charge in [0, 0.05) is 37.9 Å². The Morgan fingerprint density at radius 2 is 1.81 bits per heavy atom. The van der Waals surface area contributed by atoms with Gasteiger partial charge in [0.05, 0.1) is 11.8 Å². The minimum Gasteiger partial charge on any atom is -0.508 e. The number of phenols is 1. The van der Waals surface area contributed by atoms with E-state index in [0.29, 0.717) is 0 Å². The van der Waals surface area contributed by atoms with Crippen molar-refractivity contribution in [1.82, 2.24) is 9.91 Å². The Morgan fingerprint density at radius 3 is 2.58 bits per heavy atom. The molecule has 26 heavy (non-hydrogen) atoms. The fourth-order valence-electron chi connectivity index (χ4n) is 4.36. The van der Waals surface area contributed by atoms with E-state index in [9.17, 15) is 5.11 Å². The zero-order valence-electron chi connectivity index (χ0n) is 14.9. The van der Waals surface area contributed by atoms with E-state index in [2.05, 4.69) is 35.2 Å². The molecule has 1 atom stereocenters. The maximum atomic E-state index is 9.58. The van der Waals surface area contributed by atoms with Crippen LogP contribution in [-0.4, -0.2) is 46.6 Å². The van der Waals surface area contributed by atoms with Crippen molar-refractivity contribution >= 4 is 5.71 Å². The van der Waals surface area contributed by atoms with E-state index >= 15 is 0 Å². The molecule has 1 unspecified atom stereocenters. The Kier molecular flexibility index (Phi) is 3.47. The molecule has 1 N–H and O–H groups in total. The number of aromatic hydroxyl groups is 1. The number of rotatable bonds is 1. The van der Waals surface area contributed by atoms with Gasteiger partial charge >= 0.3 is 0 Å². The lowest BCUT2D eigenvalue weighted by Gasteiger charge is -2.50. The number of nitrogens with zero attached hydrogens (tertiary/aromatic N) is 3. The highest BCUT2D eigenvalue weighted by Crippen LogP contribution is 2.49. The molecule has 0 amide bonds. The maximum Gasteiger partial charge on any atom is 0.200 e. The molecule has 3 aliphatic heterocycles. The predicted molar refractivity (Wildman–Crippen MR) is 100 cm³/mol. The minimum atomic E-state index is -0.357. The number of hydrogen-bond acceptors (Lipinski definition) is 5. The molecule has 3 aliphatic rings. The molecule has 2 aromatic rings. The van der Waals surface area contributed by atoms with Crippen LogP contribution in [0.5, 0.6) is 11.5 Å². The van der Waals surface area contributed by atoms with Crippen LogP contribution in [0.2, 0.25) is 0 Å². The van der Waals surface area contributed by atoms with Gasteiger partial charge in [0.2, 0.25) is 5.72 Å². The zero-order chi connectivity index (χ0) is 17.7. The smallest absolute Gasteiger partial charge is 0.200 e. The van der Waals surface area contributed by atoms with Crippen LogP contribution in [0.15, 0.2) is 53.6 Å². The van der Waals surface area contributed by atoms with Crippen LogP contribution in [0.3, 0.4) is 0 Å². The summed E-state index contributed by atoms with van der Waals surface area (Å²) in [5.41, 5.74) is 2.99. The Hall–Kier alpha value is -2.53. The van der Waals surface area contributed by atoms with Gasteiger partial charge in [-0.1, -0.05) is 18.2 Å². The van der Waals surface area contributed by atoms with E-state index in [1.54, 1.807) is 12.1 Å². The van der Waals surface area contributed by atoms with E-state index in [1.165, 1.54) is 5.56 Å². The normalized spacial score (nSPS) is 24.0. The third kappa shape index (κ3) is 2.38. The molecule has 0 radical (unpaired) electrons. The molecule has 3 heterocycles. The lowest BCUT2D eigenvalue weighted by Crippen LogP contribution is -2.58. The van der Waals surface area contributed by atoms with Gasteiger partial charge in [-0.25, -0.2) is 5.01 Å². The van der Waals surface area contributed by atoms with Crippen LogP contribution in [-0.2, 0) is 0 Å². The number of hydrazone groups is 1. The highest BCUT2D eigenvalue weighted by Gasteiger charge is 2.51. The molecular formula is C21H23N3O2. The fraction of sp³-hybridized carbons (Fsp3) is 0.381. The molecule has 0 bridgehead atoms. The topological polar surface area (TPSA) is 48.3 Å². The molecule has 1 spiro atoms. The van der Waals surface area contributed by atoms with Crippen molar-refractivity contribution < 1.29 is 9.84 Å². The van der Waals surface area contributed by atoms with Crippen molar-refractivity contribution in [2.75, 3.05) is 20.1 Å². The Morgan fingerprint density at radius 1 is 1.08 bits per heavy atom. The summed E-state index contributed by atoms with van der Waals surface area (Å²) in [5, 5.41) is 16.8. The number of phenolic OH excluding ortho intramolecular Hbond substituents is 1. The van der Waals surface area contributed by atoms with Gasteiger partial charge in [0.15, 0.2) is 0 Å². The summed E-state index contributed by atoms with van der Waals surface area (Å²) in [6.45, 7) is 2.02. The number of hydrogen-bond donors (Lipinski definition) is 1. The van der Waals surface area contributed by atoms with Gasteiger partial charge in [-0.2, -0.15) is 5.10 Å². The minimum absolute atomic E-state index is 0.215. The van der Waals surface area contributed by atoms with Crippen LogP contribution >= 0.6 is 0 Å². The zero-order valence-corrected chi connectivity index (χ0v) is 14.9. The first-order chi connectivity index (χ1) is 12.6. The molecule has 5 heteroatoms. The van der Waals surface area contributed by atoms with Crippen molar-refractivity contribution in [3.05, 3.63) is 59.7 Å². The first-order valence-electron chi connectivity index (χ1n) is 9.27. The van der Waals surface area contributed by atoms with Crippen molar-refractivity contribution in [3.63, 3.8) is 0 Å². The molecule has 1 fully saturated rings. The van der Waals surface area contributed by atoms with E-state index in [0.717, 1.165) is 49.4 Å². The third-order valence-electron chi connectivity index (χ3n) is 5.87. The largest absolute Gasteiger partial charge is 0.508 e. The number of para-hydroxylation sites is 1.